The van der Waals surface area contributed by atoms with E-state index >= 15 is 0 Å². The number of hydrogen-bond acceptors (Lipinski definition) is 4. The quantitative estimate of drug-likeness (QED) is 0.803. The van der Waals surface area contributed by atoms with Crippen LogP contribution in [0.15, 0.2) is 30.3 Å². The molecule has 0 spiro atoms. The maximum absolute atomic E-state index is 13.3. The summed E-state index contributed by atoms with van der Waals surface area (Å²) in [7, 11) is 0. The van der Waals surface area contributed by atoms with Crippen molar-refractivity contribution in [2.24, 2.45) is 0 Å². The van der Waals surface area contributed by atoms with E-state index in [1.54, 1.807) is 18.2 Å². The molecule has 162 valence electrons. The van der Waals surface area contributed by atoms with Gasteiger partial charge in [-0.2, -0.15) is 5.26 Å². The molecule has 2 amide bonds. The predicted octanol–water partition coefficient (Wildman–Crippen LogP) is 3.40. The van der Waals surface area contributed by atoms with Crippen LogP contribution in [0, 0.1) is 11.3 Å². The average Bonchev–Trinajstić information content (AvgIpc) is 3.40. The van der Waals surface area contributed by atoms with Crippen molar-refractivity contribution < 1.29 is 14.3 Å². The number of benzene rings is 1. The first-order chi connectivity index (χ1) is 15.0. The summed E-state index contributed by atoms with van der Waals surface area (Å²) in [6, 6.07) is 11.1. The Bertz CT molecular complexity index is 1040. The van der Waals surface area contributed by atoms with Gasteiger partial charge in [-0.15, -0.1) is 0 Å². The molecule has 1 aromatic heterocycles. The molecule has 0 bridgehead atoms. The van der Waals surface area contributed by atoms with E-state index in [0.717, 1.165) is 30.6 Å². The van der Waals surface area contributed by atoms with E-state index in [1.165, 1.54) is 0 Å². The molecule has 31 heavy (non-hydrogen) atoms. The standard InChI is InChI=1S/C24H28N4O3/c1-3-20(18-8-4-7-17(12-18)14-25)26-23(29)19-13-21(28-10-11-31-15-22(19)28)24(30)27-9-5-6-16(27)2/h4,7-8,12-13,16,20H,3,5-6,9-11,15H2,1-2H3,(H,26,29)/t16?,20-/m1/s1. The van der Waals surface area contributed by atoms with Crippen LogP contribution in [0.25, 0.3) is 0 Å². The first kappa shape index (κ1) is 21.1. The van der Waals surface area contributed by atoms with Crippen molar-refractivity contribution in [3.8, 4) is 6.07 Å². The molecule has 2 aromatic rings. The Morgan fingerprint density at radius 3 is 2.87 bits per heavy atom. The summed E-state index contributed by atoms with van der Waals surface area (Å²) in [5.74, 6) is -0.238. The topological polar surface area (TPSA) is 87.4 Å². The van der Waals surface area contributed by atoms with E-state index < -0.39 is 0 Å². The fourth-order valence-electron chi connectivity index (χ4n) is 4.56. The highest BCUT2D eigenvalue weighted by Crippen LogP contribution is 2.26. The molecule has 1 saturated heterocycles. The number of aromatic nitrogens is 1. The smallest absolute Gasteiger partial charge is 0.270 e. The molecule has 0 saturated carbocycles. The summed E-state index contributed by atoms with van der Waals surface area (Å²) in [6.45, 7) is 6.22. The lowest BCUT2D eigenvalue weighted by Crippen LogP contribution is -2.35. The SMILES string of the molecule is CC[C@@H](NC(=O)c1cc(C(=O)N2CCCC2C)n2c1COCC2)c1cccc(C#N)c1. The van der Waals surface area contributed by atoms with Gasteiger partial charge in [0.15, 0.2) is 0 Å². The van der Waals surface area contributed by atoms with Crippen LogP contribution in [0.1, 0.15) is 76.8 Å². The van der Waals surface area contributed by atoms with Crippen molar-refractivity contribution in [2.75, 3.05) is 13.2 Å². The second-order valence-corrected chi connectivity index (χ2v) is 8.26. The molecular weight excluding hydrogens is 392 g/mol. The van der Waals surface area contributed by atoms with Gasteiger partial charge >= 0.3 is 0 Å². The zero-order valence-electron chi connectivity index (χ0n) is 18.1. The molecule has 0 aliphatic carbocycles. The normalized spacial score (nSPS) is 18.9. The molecule has 1 N–H and O–H groups in total. The Morgan fingerprint density at radius 1 is 1.32 bits per heavy atom. The monoisotopic (exact) mass is 420 g/mol. The molecule has 0 radical (unpaired) electrons. The molecule has 2 aliphatic heterocycles. The highest BCUT2D eigenvalue weighted by molar-refractivity contribution is 6.01. The van der Waals surface area contributed by atoms with Crippen LogP contribution >= 0.6 is 0 Å². The van der Waals surface area contributed by atoms with Gasteiger partial charge in [0.2, 0.25) is 0 Å². The van der Waals surface area contributed by atoms with Gasteiger partial charge in [0.25, 0.3) is 11.8 Å². The van der Waals surface area contributed by atoms with Crippen LogP contribution < -0.4 is 5.32 Å². The fourth-order valence-corrected chi connectivity index (χ4v) is 4.56. The van der Waals surface area contributed by atoms with E-state index in [2.05, 4.69) is 18.3 Å². The number of hydrogen-bond donors (Lipinski definition) is 1. The minimum atomic E-state index is -0.225. The van der Waals surface area contributed by atoms with Crippen LogP contribution in [-0.4, -0.2) is 40.5 Å². The predicted molar refractivity (Wildman–Crippen MR) is 115 cm³/mol. The number of amides is 2. The molecular formula is C24H28N4O3. The lowest BCUT2D eigenvalue weighted by molar-refractivity contribution is 0.0683. The molecule has 2 atom stereocenters. The second-order valence-electron chi connectivity index (χ2n) is 8.26. The Kier molecular flexibility index (Phi) is 6.10. The number of nitriles is 1. The van der Waals surface area contributed by atoms with Crippen LogP contribution in [0.2, 0.25) is 0 Å². The van der Waals surface area contributed by atoms with E-state index in [-0.39, 0.29) is 23.9 Å². The Balaban J connectivity index is 1.62. The van der Waals surface area contributed by atoms with Crippen LogP contribution in [0.3, 0.4) is 0 Å². The van der Waals surface area contributed by atoms with Gasteiger partial charge in [0.1, 0.15) is 5.69 Å². The van der Waals surface area contributed by atoms with E-state index in [0.29, 0.717) is 43.0 Å². The molecule has 1 aromatic carbocycles. The van der Waals surface area contributed by atoms with Crippen molar-refractivity contribution in [1.82, 2.24) is 14.8 Å². The number of carbonyl (C=O) groups is 2. The maximum Gasteiger partial charge on any atom is 0.270 e. The van der Waals surface area contributed by atoms with Crippen molar-refractivity contribution >= 4 is 11.8 Å². The number of ether oxygens (including phenoxy) is 1. The summed E-state index contributed by atoms with van der Waals surface area (Å²) >= 11 is 0. The number of fused-ring (bicyclic) bond motifs is 1. The van der Waals surface area contributed by atoms with Crippen LogP contribution in [0.5, 0.6) is 0 Å². The lowest BCUT2D eigenvalue weighted by Gasteiger charge is -2.24. The third kappa shape index (κ3) is 4.08. The van der Waals surface area contributed by atoms with E-state index in [1.807, 2.05) is 28.5 Å². The summed E-state index contributed by atoms with van der Waals surface area (Å²) in [4.78, 5) is 28.4. The number of rotatable bonds is 5. The summed E-state index contributed by atoms with van der Waals surface area (Å²) in [5.41, 5.74) is 3.26. The second kappa shape index (κ2) is 8.94. The summed E-state index contributed by atoms with van der Waals surface area (Å²) in [5, 5.41) is 12.3. The zero-order chi connectivity index (χ0) is 22.0. The number of nitrogens with one attached hydrogen (secondary N) is 1. The highest BCUT2D eigenvalue weighted by Gasteiger charge is 2.32. The maximum atomic E-state index is 13.3. The van der Waals surface area contributed by atoms with Gasteiger partial charge in [0, 0.05) is 19.1 Å². The third-order valence-electron chi connectivity index (χ3n) is 6.32. The van der Waals surface area contributed by atoms with Gasteiger partial charge in [-0.1, -0.05) is 19.1 Å². The molecule has 4 rings (SSSR count). The van der Waals surface area contributed by atoms with Gasteiger partial charge in [-0.25, -0.2) is 0 Å². The molecule has 7 heteroatoms. The molecule has 3 heterocycles. The van der Waals surface area contributed by atoms with Gasteiger partial charge in [0.05, 0.1) is 42.1 Å². The largest absolute Gasteiger partial charge is 0.373 e. The molecule has 7 nitrogen and oxygen atoms in total. The summed E-state index contributed by atoms with van der Waals surface area (Å²) in [6.07, 6.45) is 2.71. The minimum absolute atomic E-state index is 0.0130. The lowest BCUT2D eigenvalue weighted by atomic mass is 10.0. The summed E-state index contributed by atoms with van der Waals surface area (Å²) < 4.78 is 7.56. The first-order valence-electron chi connectivity index (χ1n) is 11.0. The fraction of sp³-hybridized carbons (Fsp3) is 0.458. The van der Waals surface area contributed by atoms with Crippen molar-refractivity contribution in [3.63, 3.8) is 0 Å². The van der Waals surface area contributed by atoms with Crippen LogP contribution in [0.4, 0.5) is 0 Å². The Morgan fingerprint density at radius 2 is 2.16 bits per heavy atom. The Labute approximate surface area is 182 Å². The van der Waals surface area contributed by atoms with Crippen LogP contribution in [-0.2, 0) is 17.9 Å². The van der Waals surface area contributed by atoms with Crippen molar-refractivity contribution in [1.29, 1.82) is 5.26 Å². The average molecular weight is 421 g/mol. The third-order valence-corrected chi connectivity index (χ3v) is 6.32. The minimum Gasteiger partial charge on any atom is -0.373 e. The number of likely N-dealkylation sites (tertiary alicyclic amines) is 1. The van der Waals surface area contributed by atoms with Gasteiger partial charge in [-0.3, -0.25) is 9.59 Å². The molecule has 1 fully saturated rings. The Hall–Kier alpha value is -3.11. The van der Waals surface area contributed by atoms with Gasteiger partial charge in [-0.05, 0) is 49.9 Å². The molecule has 1 unspecified atom stereocenters. The van der Waals surface area contributed by atoms with Crippen molar-refractivity contribution in [2.45, 2.75) is 58.3 Å². The number of nitrogens with zero attached hydrogens (tertiary/aromatic N) is 3. The first-order valence-corrected chi connectivity index (χ1v) is 11.0. The van der Waals surface area contributed by atoms with Gasteiger partial charge < -0.3 is 19.5 Å². The highest BCUT2D eigenvalue weighted by atomic mass is 16.5. The zero-order valence-corrected chi connectivity index (χ0v) is 18.1. The number of carbonyl (C=O) groups excluding carboxylic acids is 2. The van der Waals surface area contributed by atoms with E-state index in [9.17, 15) is 14.9 Å². The van der Waals surface area contributed by atoms with Crippen molar-refractivity contribution in [3.05, 3.63) is 58.4 Å². The van der Waals surface area contributed by atoms with E-state index in [4.69, 9.17) is 4.74 Å². The molecule has 2 aliphatic rings.